The minimum Gasteiger partial charge on any atom is -0.507 e. The number of aromatic hydroxyl groups is 1. The molecule has 202 valence electrons. The minimum absolute atomic E-state index is 0.144. The van der Waals surface area contributed by atoms with Gasteiger partial charge in [-0.25, -0.2) is 0 Å². The summed E-state index contributed by atoms with van der Waals surface area (Å²) in [6.07, 6.45) is 5.46. The predicted octanol–water partition coefficient (Wildman–Crippen LogP) is 9.45. The Morgan fingerprint density at radius 1 is 0.718 bits per heavy atom. The van der Waals surface area contributed by atoms with Crippen LogP contribution in [-0.4, -0.2) is 25.6 Å². The van der Waals surface area contributed by atoms with Gasteiger partial charge in [-0.05, 0) is 112 Å². The van der Waals surface area contributed by atoms with Crippen molar-refractivity contribution in [1.29, 1.82) is 0 Å². The lowest BCUT2D eigenvalue weighted by molar-refractivity contribution is 0.0644. The van der Waals surface area contributed by atoms with Crippen molar-refractivity contribution in [2.45, 2.75) is 57.3 Å². The molecule has 39 heavy (non-hydrogen) atoms. The average molecular weight is 539 g/mol. The molecular weight excluding hydrogens is 500 g/mol. The fourth-order valence-corrected chi connectivity index (χ4v) is 8.61. The Bertz CT molecular complexity index is 1580. The highest BCUT2D eigenvalue weighted by Crippen LogP contribution is 2.65. The molecule has 0 atom stereocenters. The van der Waals surface area contributed by atoms with Crippen LogP contribution in [0.3, 0.4) is 0 Å². The fraction of sp³-hybridized carbons (Fsp3) is 0.371. The molecule has 0 saturated heterocycles. The van der Waals surface area contributed by atoms with Crippen molar-refractivity contribution in [3.05, 3.63) is 71.8 Å². The molecule has 1 saturated carbocycles. The second-order valence-electron chi connectivity index (χ2n) is 13.0. The molecule has 0 unspecified atom stereocenters. The largest absolute Gasteiger partial charge is 0.507 e. The summed E-state index contributed by atoms with van der Waals surface area (Å²) in [4.78, 5) is 1.29. The summed E-state index contributed by atoms with van der Waals surface area (Å²) < 4.78 is 11.3. The summed E-state index contributed by atoms with van der Waals surface area (Å²) in [5.41, 5.74) is 7.40. The van der Waals surface area contributed by atoms with E-state index in [1.165, 1.54) is 33.6 Å². The van der Waals surface area contributed by atoms with E-state index in [0.29, 0.717) is 5.75 Å². The summed E-state index contributed by atoms with van der Waals surface area (Å²) >= 11 is 1.80. The van der Waals surface area contributed by atoms with Crippen LogP contribution in [0.4, 0.5) is 0 Å². The third kappa shape index (κ3) is 4.10. The van der Waals surface area contributed by atoms with E-state index in [0.717, 1.165) is 46.2 Å². The molecule has 4 aromatic rings. The van der Waals surface area contributed by atoms with Crippen LogP contribution in [0.15, 0.2) is 65.6 Å². The van der Waals surface area contributed by atoms with E-state index in [-0.39, 0.29) is 16.2 Å². The van der Waals surface area contributed by atoms with Gasteiger partial charge in [0.2, 0.25) is 0 Å². The Hall–Kier alpha value is -3.11. The molecule has 4 heteroatoms. The van der Waals surface area contributed by atoms with E-state index in [4.69, 9.17) is 9.47 Å². The number of rotatable bonds is 4. The number of benzene rings is 4. The van der Waals surface area contributed by atoms with Crippen LogP contribution in [0.5, 0.6) is 17.2 Å². The van der Waals surface area contributed by atoms with Crippen LogP contribution < -0.4 is 9.47 Å². The monoisotopic (exact) mass is 538 g/mol. The van der Waals surface area contributed by atoms with E-state index < -0.39 is 0 Å². The second kappa shape index (κ2) is 8.96. The number of ether oxygens (including phenoxy) is 2. The quantitative estimate of drug-likeness (QED) is 0.263. The van der Waals surface area contributed by atoms with Gasteiger partial charge in [-0.15, -0.1) is 11.8 Å². The van der Waals surface area contributed by atoms with Crippen LogP contribution in [-0.2, 0) is 5.41 Å². The van der Waals surface area contributed by atoms with Crippen LogP contribution in [0.2, 0.25) is 0 Å². The van der Waals surface area contributed by atoms with Gasteiger partial charge in [0.05, 0.1) is 14.2 Å². The number of phenols is 1. The number of phenolic OH excluding ortho intramolecular Hbond substituents is 1. The normalized spacial score (nSPS) is 18.1. The van der Waals surface area contributed by atoms with E-state index in [9.17, 15) is 5.11 Å². The molecule has 1 spiro atoms. The molecule has 0 radical (unpaired) electrons. The molecule has 6 rings (SSSR count). The van der Waals surface area contributed by atoms with Crippen molar-refractivity contribution in [2.75, 3.05) is 20.5 Å². The number of hydrogen-bond donors (Lipinski definition) is 1. The van der Waals surface area contributed by atoms with Crippen LogP contribution >= 0.6 is 11.8 Å². The standard InChI is InChI=1S/C35H38O3S/c1-33(2)18-34(3,4)20-35(19-33)28-14-23(39-7)12-13-24(28)32-27-16-31(38-6)25(15-26(27)30(36)17-29(32)35)21-8-10-22(37-5)11-9-21/h8-17,36H,18-20H2,1-7H3. The lowest BCUT2D eigenvalue weighted by Gasteiger charge is -2.51. The minimum atomic E-state index is -0.144. The van der Waals surface area contributed by atoms with Crippen molar-refractivity contribution >= 4 is 22.5 Å². The first-order valence-corrected chi connectivity index (χ1v) is 14.9. The Balaban J connectivity index is 1.66. The molecule has 3 nitrogen and oxygen atoms in total. The maximum atomic E-state index is 11.6. The Morgan fingerprint density at radius 3 is 2.03 bits per heavy atom. The van der Waals surface area contributed by atoms with Crippen molar-refractivity contribution < 1.29 is 14.6 Å². The molecule has 0 bridgehead atoms. The van der Waals surface area contributed by atoms with Gasteiger partial charge >= 0.3 is 0 Å². The van der Waals surface area contributed by atoms with Gasteiger partial charge in [-0.3, -0.25) is 0 Å². The first-order chi connectivity index (χ1) is 18.5. The molecule has 4 aromatic carbocycles. The molecule has 1 fully saturated rings. The first-order valence-electron chi connectivity index (χ1n) is 13.7. The third-order valence-electron chi connectivity index (χ3n) is 8.88. The van der Waals surface area contributed by atoms with Crippen molar-refractivity contribution in [2.24, 2.45) is 10.8 Å². The van der Waals surface area contributed by atoms with E-state index in [2.05, 4.69) is 70.3 Å². The van der Waals surface area contributed by atoms with E-state index in [1.807, 2.05) is 24.3 Å². The molecule has 1 N–H and O–H groups in total. The first kappa shape index (κ1) is 26.1. The van der Waals surface area contributed by atoms with E-state index in [1.54, 1.807) is 26.0 Å². The molecule has 0 aliphatic heterocycles. The number of thioether (sulfide) groups is 1. The topological polar surface area (TPSA) is 38.7 Å². The highest BCUT2D eigenvalue weighted by atomic mass is 32.2. The fourth-order valence-electron chi connectivity index (χ4n) is 8.17. The van der Waals surface area contributed by atoms with Gasteiger partial charge in [0, 0.05) is 21.3 Å². The lowest BCUT2D eigenvalue weighted by Crippen LogP contribution is -2.43. The van der Waals surface area contributed by atoms with Gasteiger partial charge in [0.15, 0.2) is 0 Å². The molecule has 2 aliphatic rings. The van der Waals surface area contributed by atoms with E-state index >= 15 is 0 Å². The highest BCUT2D eigenvalue weighted by Gasteiger charge is 2.53. The van der Waals surface area contributed by atoms with Crippen molar-refractivity contribution in [3.63, 3.8) is 0 Å². The van der Waals surface area contributed by atoms with Gasteiger partial charge in [0.25, 0.3) is 0 Å². The molecule has 0 aromatic heterocycles. The molecule has 2 aliphatic carbocycles. The molecule has 0 heterocycles. The van der Waals surface area contributed by atoms with Gasteiger partial charge in [-0.2, -0.15) is 0 Å². The summed E-state index contributed by atoms with van der Waals surface area (Å²) in [6.45, 7) is 9.65. The number of fused-ring (bicyclic) bond motifs is 7. The Labute approximate surface area is 236 Å². The maximum absolute atomic E-state index is 11.6. The van der Waals surface area contributed by atoms with Crippen LogP contribution in [0.1, 0.15) is 58.1 Å². The summed E-state index contributed by atoms with van der Waals surface area (Å²) in [6, 6.07) is 21.3. The zero-order chi connectivity index (χ0) is 27.7. The molecular formula is C35H38O3S. The Morgan fingerprint density at radius 2 is 1.41 bits per heavy atom. The Kier molecular flexibility index (Phi) is 6.00. The summed E-state index contributed by atoms with van der Waals surface area (Å²) in [5, 5.41) is 13.5. The SMILES string of the molecule is COc1ccc(-c2cc3c(O)cc4c(c3cc2OC)-c2ccc(SC)cc2C42CC(C)(C)CC(C)(C)C2)cc1. The van der Waals surface area contributed by atoms with Crippen molar-refractivity contribution in [1.82, 2.24) is 0 Å². The van der Waals surface area contributed by atoms with Crippen LogP contribution in [0, 0.1) is 10.8 Å². The second-order valence-corrected chi connectivity index (χ2v) is 13.9. The summed E-state index contributed by atoms with van der Waals surface area (Å²) in [7, 11) is 3.40. The average Bonchev–Trinajstić information content (AvgIpc) is 3.13. The maximum Gasteiger partial charge on any atom is 0.127 e. The van der Waals surface area contributed by atoms with Crippen LogP contribution in [0.25, 0.3) is 33.0 Å². The molecule has 0 amide bonds. The smallest absolute Gasteiger partial charge is 0.127 e. The summed E-state index contributed by atoms with van der Waals surface area (Å²) in [5.74, 6) is 1.94. The zero-order valence-corrected chi connectivity index (χ0v) is 24.9. The third-order valence-corrected chi connectivity index (χ3v) is 9.61. The lowest BCUT2D eigenvalue weighted by atomic mass is 9.52. The number of methoxy groups -OCH3 is 2. The van der Waals surface area contributed by atoms with Gasteiger partial charge in [0.1, 0.15) is 17.2 Å². The highest BCUT2D eigenvalue weighted by molar-refractivity contribution is 7.98. The predicted molar refractivity (Wildman–Crippen MR) is 164 cm³/mol. The van der Waals surface area contributed by atoms with Gasteiger partial charge in [-0.1, -0.05) is 45.9 Å². The van der Waals surface area contributed by atoms with Crippen molar-refractivity contribution in [3.8, 4) is 39.5 Å². The van der Waals surface area contributed by atoms with Gasteiger partial charge < -0.3 is 14.6 Å². The zero-order valence-electron chi connectivity index (χ0n) is 24.1. The number of hydrogen-bond acceptors (Lipinski definition) is 4.